The van der Waals surface area contributed by atoms with E-state index in [1.165, 1.54) is 29.2 Å². The molecule has 0 N–H and O–H groups in total. The van der Waals surface area contributed by atoms with E-state index in [1.807, 2.05) is 26.8 Å². The third-order valence-corrected chi connectivity index (χ3v) is 5.57. The predicted molar refractivity (Wildman–Crippen MR) is 84.8 cm³/mol. The van der Waals surface area contributed by atoms with Gasteiger partial charge in [-0.05, 0) is 25.5 Å². The Bertz CT molecular complexity index is 748. The minimum absolute atomic E-state index is 0.0683. The Morgan fingerprint density at radius 3 is 2.26 bits per heavy atom. The van der Waals surface area contributed by atoms with Crippen molar-refractivity contribution in [2.24, 2.45) is 10.8 Å². The maximum Gasteiger partial charge on any atom is 0.269 e. The van der Waals surface area contributed by atoms with Gasteiger partial charge in [-0.3, -0.25) is 24.6 Å². The van der Waals surface area contributed by atoms with Crippen molar-refractivity contribution in [2.75, 3.05) is 4.90 Å². The number of imide groups is 1. The van der Waals surface area contributed by atoms with Crippen LogP contribution in [0.15, 0.2) is 35.9 Å². The standard InChI is InChI=1S/C17H18N2O4/c1-11-8-9-17(16(11,2)3)10-14(20)18(15(17)21)12-4-6-13(7-5-12)19(22)23/h4-8H,9-10H2,1-3H3. The molecule has 1 spiro atoms. The Labute approximate surface area is 133 Å². The summed E-state index contributed by atoms with van der Waals surface area (Å²) in [6.07, 6.45) is 2.76. The number of hydrogen-bond acceptors (Lipinski definition) is 4. The van der Waals surface area contributed by atoms with Crippen molar-refractivity contribution in [2.45, 2.75) is 33.6 Å². The molecule has 1 aliphatic carbocycles. The van der Waals surface area contributed by atoms with Gasteiger partial charge in [0.25, 0.3) is 5.69 Å². The molecule has 1 saturated heterocycles. The molecule has 0 radical (unpaired) electrons. The largest absolute Gasteiger partial charge is 0.274 e. The Kier molecular flexibility index (Phi) is 3.18. The second kappa shape index (κ2) is 4.75. The minimum Gasteiger partial charge on any atom is -0.274 e. The third-order valence-electron chi connectivity index (χ3n) is 5.57. The number of carbonyl (C=O) groups is 2. The first-order valence-electron chi connectivity index (χ1n) is 7.50. The molecule has 0 saturated carbocycles. The summed E-state index contributed by atoms with van der Waals surface area (Å²) < 4.78 is 0. The van der Waals surface area contributed by atoms with Gasteiger partial charge in [-0.2, -0.15) is 0 Å². The minimum atomic E-state index is -0.740. The normalized spacial score (nSPS) is 26.0. The molecule has 2 amide bonds. The smallest absolute Gasteiger partial charge is 0.269 e. The molecule has 0 bridgehead atoms. The van der Waals surface area contributed by atoms with Crippen molar-refractivity contribution in [3.63, 3.8) is 0 Å². The molecule has 1 aromatic carbocycles. The molecule has 1 fully saturated rings. The summed E-state index contributed by atoms with van der Waals surface area (Å²) in [5.41, 5.74) is 0.318. The van der Waals surface area contributed by atoms with Crippen molar-refractivity contribution in [3.8, 4) is 0 Å². The van der Waals surface area contributed by atoms with E-state index < -0.39 is 10.3 Å². The number of nitrogens with zero attached hydrogens (tertiary/aromatic N) is 2. The van der Waals surface area contributed by atoms with E-state index in [1.54, 1.807) is 0 Å². The van der Waals surface area contributed by atoms with Gasteiger partial charge in [0.05, 0.1) is 16.0 Å². The first-order chi connectivity index (χ1) is 10.7. The van der Waals surface area contributed by atoms with Crippen LogP contribution in [-0.2, 0) is 9.59 Å². The van der Waals surface area contributed by atoms with Gasteiger partial charge in [-0.1, -0.05) is 25.5 Å². The van der Waals surface area contributed by atoms with E-state index in [9.17, 15) is 19.7 Å². The van der Waals surface area contributed by atoms with Crippen LogP contribution in [0.25, 0.3) is 0 Å². The number of rotatable bonds is 2. The highest BCUT2D eigenvalue weighted by atomic mass is 16.6. The topological polar surface area (TPSA) is 80.5 Å². The summed E-state index contributed by atoms with van der Waals surface area (Å²) >= 11 is 0. The maximum absolute atomic E-state index is 13.1. The lowest BCUT2D eigenvalue weighted by Gasteiger charge is -2.37. The van der Waals surface area contributed by atoms with Gasteiger partial charge in [0.1, 0.15) is 0 Å². The summed E-state index contributed by atoms with van der Waals surface area (Å²) in [6.45, 7) is 5.98. The number of allylic oxidation sites excluding steroid dienone is 2. The SMILES string of the molecule is CC1=CCC2(CC(=O)N(c3ccc([N+](=O)[O-])cc3)C2=O)C1(C)C. The van der Waals surface area contributed by atoms with Gasteiger partial charge in [0, 0.05) is 24.0 Å². The van der Waals surface area contributed by atoms with E-state index in [-0.39, 0.29) is 29.3 Å². The van der Waals surface area contributed by atoms with E-state index in [0.717, 1.165) is 5.57 Å². The summed E-state index contributed by atoms with van der Waals surface area (Å²) in [7, 11) is 0. The van der Waals surface area contributed by atoms with Gasteiger partial charge in [-0.25, -0.2) is 0 Å². The number of anilines is 1. The Hall–Kier alpha value is -2.50. The van der Waals surface area contributed by atoms with Crippen molar-refractivity contribution < 1.29 is 14.5 Å². The fraction of sp³-hybridized carbons (Fsp3) is 0.412. The average Bonchev–Trinajstić information content (AvgIpc) is 2.88. The lowest BCUT2D eigenvalue weighted by atomic mass is 9.64. The molecule has 0 aromatic heterocycles. The zero-order valence-corrected chi connectivity index (χ0v) is 13.3. The number of amides is 2. The van der Waals surface area contributed by atoms with Crippen LogP contribution in [0.1, 0.15) is 33.6 Å². The molecule has 6 heteroatoms. The number of carbonyl (C=O) groups excluding carboxylic acids is 2. The van der Waals surface area contributed by atoms with Crippen LogP contribution in [0.5, 0.6) is 0 Å². The van der Waals surface area contributed by atoms with Crippen LogP contribution in [0, 0.1) is 20.9 Å². The van der Waals surface area contributed by atoms with Gasteiger partial charge in [0.2, 0.25) is 11.8 Å². The van der Waals surface area contributed by atoms with E-state index >= 15 is 0 Å². The summed E-state index contributed by atoms with van der Waals surface area (Å²) in [4.78, 5) is 37.0. The molecular formula is C17H18N2O4. The van der Waals surface area contributed by atoms with Crippen molar-refractivity contribution >= 4 is 23.2 Å². The van der Waals surface area contributed by atoms with Gasteiger partial charge in [0.15, 0.2) is 0 Å². The Morgan fingerprint density at radius 2 is 1.78 bits per heavy atom. The second-order valence-corrected chi connectivity index (χ2v) is 6.78. The van der Waals surface area contributed by atoms with E-state index in [0.29, 0.717) is 12.1 Å². The number of hydrogen-bond donors (Lipinski definition) is 0. The van der Waals surface area contributed by atoms with E-state index in [4.69, 9.17) is 0 Å². The molecule has 120 valence electrons. The van der Waals surface area contributed by atoms with Crippen LogP contribution in [0.4, 0.5) is 11.4 Å². The Balaban J connectivity index is 1.99. The highest BCUT2D eigenvalue weighted by molar-refractivity contribution is 6.23. The molecular weight excluding hydrogens is 296 g/mol. The van der Waals surface area contributed by atoms with Crippen LogP contribution in [0.3, 0.4) is 0 Å². The first-order valence-corrected chi connectivity index (χ1v) is 7.50. The van der Waals surface area contributed by atoms with Crippen molar-refractivity contribution in [1.29, 1.82) is 0 Å². The number of nitro groups is 1. The number of non-ortho nitro benzene ring substituents is 1. The summed E-state index contributed by atoms with van der Waals surface area (Å²) in [5, 5.41) is 10.7. The molecule has 1 aliphatic heterocycles. The highest BCUT2D eigenvalue weighted by Crippen LogP contribution is 2.58. The van der Waals surface area contributed by atoms with Crippen molar-refractivity contribution in [1.82, 2.24) is 0 Å². The average molecular weight is 314 g/mol. The fourth-order valence-electron chi connectivity index (χ4n) is 3.59. The second-order valence-electron chi connectivity index (χ2n) is 6.78. The lowest BCUT2D eigenvalue weighted by Crippen LogP contribution is -2.43. The monoisotopic (exact) mass is 314 g/mol. The molecule has 23 heavy (non-hydrogen) atoms. The van der Waals surface area contributed by atoms with Crippen molar-refractivity contribution in [3.05, 3.63) is 46.0 Å². The molecule has 1 heterocycles. The molecule has 6 nitrogen and oxygen atoms in total. The number of nitro benzene ring substituents is 1. The maximum atomic E-state index is 13.1. The predicted octanol–water partition coefficient (Wildman–Crippen LogP) is 3.22. The molecule has 1 atom stereocenters. The van der Waals surface area contributed by atoms with Gasteiger partial charge >= 0.3 is 0 Å². The van der Waals surface area contributed by atoms with E-state index in [2.05, 4.69) is 0 Å². The Morgan fingerprint density at radius 1 is 1.17 bits per heavy atom. The van der Waals surface area contributed by atoms with Crippen LogP contribution in [-0.4, -0.2) is 16.7 Å². The first kappa shape index (κ1) is 15.4. The third kappa shape index (κ3) is 1.94. The lowest BCUT2D eigenvalue weighted by molar-refractivity contribution is -0.384. The van der Waals surface area contributed by atoms with Gasteiger partial charge < -0.3 is 0 Å². The highest BCUT2D eigenvalue weighted by Gasteiger charge is 2.61. The summed E-state index contributed by atoms with van der Waals surface area (Å²) in [6, 6.07) is 5.53. The zero-order valence-electron chi connectivity index (χ0n) is 13.3. The molecule has 2 aliphatic rings. The quantitative estimate of drug-likeness (QED) is 0.363. The molecule has 1 unspecified atom stereocenters. The fourth-order valence-corrected chi connectivity index (χ4v) is 3.59. The van der Waals surface area contributed by atoms with Crippen LogP contribution in [0.2, 0.25) is 0 Å². The van der Waals surface area contributed by atoms with Crippen LogP contribution >= 0.6 is 0 Å². The van der Waals surface area contributed by atoms with Gasteiger partial charge in [-0.15, -0.1) is 0 Å². The summed E-state index contributed by atoms with van der Waals surface area (Å²) in [5.74, 6) is -0.463. The number of benzene rings is 1. The van der Waals surface area contributed by atoms with Crippen LogP contribution < -0.4 is 4.90 Å². The zero-order chi connectivity index (χ0) is 17.0. The molecule has 3 rings (SSSR count). The molecule has 1 aromatic rings.